The van der Waals surface area contributed by atoms with Gasteiger partial charge in [-0.05, 0) is 24.3 Å². The second-order valence-electron chi connectivity index (χ2n) is 6.37. The topological polar surface area (TPSA) is 45.6 Å². The number of aryl methyl sites for hydroxylation is 1. The Hall–Kier alpha value is -2.56. The van der Waals surface area contributed by atoms with Crippen molar-refractivity contribution in [3.8, 4) is 0 Å². The van der Waals surface area contributed by atoms with Gasteiger partial charge in [-0.2, -0.15) is 0 Å². The first kappa shape index (κ1) is 14.1. The number of hydrogen-bond acceptors (Lipinski definition) is 2. The molecule has 0 radical (unpaired) electrons. The largest absolute Gasteiger partial charge is 0.347 e. The standard InChI is InChI=1S/C18H19N3O2/c1-19-9-5-8-16(19)18(23)20-10-13-11-21(17(22)15(13)12-20)14-6-3-2-4-7-14/h2-9,13,15H,10-12H2,1H3/t13-,15-/m1/s1. The van der Waals surface area contributed by atoms with Crippen LogP contribution in [0, 0.1) is 11.8 Å². The Morgan fingerprint density at radius 1 is 1.04 bits per heavy atom. The molecule has 2 fully saturated rings. The number of aromatic nitrogens is 1. The minimum absolute atomic E-state index is 0.0194. The Labute approximate surface area is 135 Å². The normalized spacial score (nSPS) is 23.4. The molecular formula is C18H19N3O2. The molecule has 2 amide bonds. The highest BCUT2D eigenvalue weighted by Crippen LogP contribution is 2.35. The minimum Gasteiger partial charge on any atom is -0.347 e. The molecule has 5 nitrogen and oxygen atoms in total. The lowest BCUT2D eigenvalue weighted by molar-refractivity contribution is -0.120. The summed E-state index contributed by atoms with van der Waals surface area (Å²) >= 11 is 0. The van der Waals surface area contributed by atoms with Gasteiger partial charge in [0.1, 0.15) is 5.69 Å². The van der Waals surface area contributed by atoms with E-state index >= 15 is 0 Å². The van der Waals surface area contributed by atoms with Gasteiger partial charge in [-0.15, -0.1) is 0 Å². The van der Waals surface area contributed by atoms with E-state index in [-0.39, 0.29) is 23.7 Å². The van der Waals surface area contributed by atoms with E-state index in [4.69, 9.17) is 0 Å². The van der Waals surface area contributed by atoms with Crippen LogP contribution >= 0.6 is 0 Å². The van der Waals surface area contributed by atoms with Crippen LogP contribution in [-0.2, 0) is 11.8 Å². The molecule has 0 aliphatic carbocycles. The molecule has 2 atom stereocenters. The number of fused-ring (bicyclic) bond motifs is 1. The Kier molecular flexibility index (Phi) is 3.22. The van der Waals surface area contributed by atoms with Crippen molar-refractivity contribution >= 4 is 17.5 Å². The molecule has 2 saturated heterocycles. The molecule has 4 rings (SSSR count). The van der Waals surface area contributed by atoms with Gasteiger partial charge in [0.25, 0.3) is 5.91 Å². The molecule has 2 aromatic rings. The van der Waals surface area contributed by atoms with Crippen LogP contribution in [0.5, 0.6) is 0 Å². The summed E-state index contributed by atoms with van der Waals surface area (Å²) in [6.45, 7) is 1.88. The van der Waals surface area contributed by atoms with Gasteiger partial charge in [0, 0.05) is 44.5 Å². The third-order valence-corrected chi connectivity index (χ3v) is 4.96. The number of amides is 2. The zero-order valence-corrected chi connectivity index (χ0v) is 13.1. The molecule has 2 aliphatic rings. The molecule has 1 aromatic carbocycles. The fourth-order valence-corrected chi connectivity index (χ4v) is 3.71. The van der Waals surface area contributed by atoms with Gasteiger partial charge in [-0.25, -0.2) is 0 Å². The predicted octanol–water partition coefficient (Wildman–Crippen LogP) is 1.76. The minimum atomic E-state index is -0.0700. The first-order chi connectivity index (χ1) is 11.1. The van der Waals surface area contributed by atoms with E-state index in [0.29, 0.717) is 25.3 Å². The smallest absolute Gasteiger partial charge is 0.270 e. The molecule has 0 saturated carbocycles. The second kappa shape index (κ2) is 5.26. The number of carbonyl (C=O) groups is 2. The summed E-state index contributed by atoms with van der Waals surface area (Å²) in [6, 6.07) is 13.5. The number of carbonyl (C=O) groups excluding carboxylic acids is 2. The highest BCUT2D eigenvalue weighted by Gasteiger charge is 2.48. The molecule has 0 N–H and O–H groups in total. The number of para-hydroxylation sites is 1. The molecule has 0 bridgehead atoms. The molecule has 2 aliphatic heterocycles. The summed E-state index contributed by atoms with van der Waals surface area (Å²) < 4.78 is 1.83. The van der Waals surface area contributed by atoms with Crippen LogP contribution in [0.25, 0.3) is 0 Å². The Bertz CT molecular complexity index is 753. The zero-order chi connectivity index (χ0) is 16.0. The highest BCUT2D eigenvalue weighted by molar-refractivity contribution is 5.99. The van der Waals surface area contributed by atoms with E-state index in [1.54, 1.807) is 0 Å². The average molecular weight is 309 g/mol. The second-order valence-corrected chi connectivity index (χ2v) is 6.37. The van der Waals surface area contributed by atoms with Crippen molar-refractivity contribution in [3.05, 3.63) is 54.4 Å². The van der Waals surface area contributed by atoms with E-state index in [2.05, 4.69) is 0 Å². The predicted molar refractivity (Wildman–Crippen MR) is 87.1 cm³/mol. The molecule has 0 spiro atoms. The maximum Gasteiger partial charge on any atom is 0.270 e. The van der Waals surface area contributed by atoms with Crippen LogP contribution in [0.2, 0.25) is 0 Å². The summed E-state index contributed by atoms with van der Waals surface area (Å²) in [4.78, 5) is 29.0. The molecule has 1 aromatic heterocycles. The summed E-state index contributed by atoms with van der Waals surface area (Å²) in [6.07, 6.45) is 1.87. The van der Waals surface area contributed by atoms with E-state index in [1.807, 2.05) is 70.1 Å². The van der Waals surface area contributed by atoms with Crippen LogP contribution in [-0.4, -0.2) is 40.9 Å². The van der Waals surface area contributed by atoms with Gasteiger partial charge in [-0.1, -0.05) is 18.2 Å². The van der Waals surface area contributed by atoms with Crippen molar-refractivity contribution in [2.45, 2.75) is 0 Å². The van der Waals surface area contributed by atoms with Crippen molar-refractivity contribution in [2.24, 2.45) is 18.9 Å². The fourth-order valence-electron chi connectivity index (χ4n) is 3.71. The van der Waals surface area contributed by atoms with Gasteiger partial charge in [-0.3, -0.25) is 9.59 Å². The number of benzene rings is 1. The Morgan fingerprint density at radius 2 is 1.83 bits per heavy atom. The summed E-state index contributed by atoms with van der Waals surface area (Å²) in [5.74, 6) is 0.320. The van der Waals surface area contributed by atoms with Gasteiger partial charge < -0.3 is 14.4 Å². The maximum absolute atomic E-state index is 12.7. The van der Waals surface area contributed by atoms with E-state index in [9.17, 15) is 9.59 Å². The Morgan fingerprint density at radius 3 is 2.48 bits per heavy atom. The fraction of sp³-hybridized carbons (Fsp3) is 0.333. The monoisotopic (exact) mass is 309 g/mol. The van der Waals surface area contributed by atoms with Crippen molar-refractivity contribution in [3.63, 3.8) is 0 Å². The SMILES string of the molecule is Cn1cccc1C(=O)N1C[C@@H]2CN(c3ccccc3)C(=O)[C@@H]2C1. The van der Waals surface area contributed by atoms with Gasteiger partial charge >= 0.3 is 0 Å². The van der Waals surface area contributed by atoms with Crippen LogP contribution in [0.4, 0.5) is 5.69 Å². The van der Waals surface area contributed by atoms with Crippen LogP contribution in [0.3, 0.4) is 0 Å². The number of hydrogen-bond donors (Lipinski definition) is 0. The lowest BCUT2D eigenvalue weighted by atomic mass is 10.0. The van der Waals surface area contributed by atoms with Crippen molar-refractivity contribution in [2.75, 3.05) is 24.5 Å². The lowest BCUT2D eigenvalue weighted by Gasteiger charge is -2.22. The number of likely N-dealkylation sites (tertiary alicyclic amines) is 1. The van der Waals surface area contributed by atoms with Gasteiger partial charge in [0.15, 0.2) is 0 Å². The third kappa shape index (κ3) is 2.23. The lowest BCUT2D eigenvalue weighted by Crippen LogP contribution is -2.36. The van der Waals surface area contributed by atoms with Crippen LogP contribution < -0.4 is 4.90 Å². The van der Waals surface area contributed by atoms with Gasteiger partial charge in [0.2, 0.25) is 5.91 Å². The molecular weight excluding hydrogens is 290 g/mol. The highest BCUT2D eigenvalue weighted by atomic mass is 16.2. The maximum atomic E-state index is 12.7. The van der Waals surface area contributed by atoms with Crippen LogP contribution in [0.1, 0.15) is 10.5 Å². The zero-order valence-electron chi connectivity index (χ0n) is 13.1. The molecule has 0 unspecified atom stereocenters. The summed E-state index contributed by atoms with van der Waals surface area (Å²) in [5.41, 5.74) is 1.63. The Balaban J connectivity index is 1.50. The average Bonchev–Trinajstić information content (AvgIpc) is 3.24. The summed E-state index contributed by atoms with van der Waals surface area (Å²) in [7, 11) is 1.87. The molecule has 5 heteroatoms. The van der Waals surface area contributed by atoms with Gasteiger partial charge in [0.05, 0.1) is 5.92 Å². The third-order valence-electron chi connectivity index (χ3n) is 4.96. The number of nitrogens with zero attached hydrogens (tertiary/aromatic N) is 3. The number of rotatable bonds is 2. The van der Waals surface area contributed by atoms with Crippen LogP contribution in [0.15, 0.2) is 48.7 Å². The molecule has 3 heterocycles. The van der Waals surface area contributed by atoms with E-state index < -0.39 is 0 Å². The number of anilines is 1. The van der Waals surface area contributed by atoms with E-state index in [0.717, 1.165) is 5.69 Å². The van der Waals surface area contributed by atoms with Crippen molar-refractivity contribution in [1.82, 2.24) is 9.47 Å². The first-order valence-corrected chi connectivity index (χ1v) is 7.92. The van der Waals surface area contributed by atoms with E-state index in [1.165, 1.54) is 0 Å². The molecule has 23 heavy (non-hydrogen) atoms. The molecule has 118 valence electrons. The van der Waals surface area contributed by atoms with Crippen molar-refractivity contribution in [1.29, 1.82) is 0 Å². The quantitative estimate of drug-likeness (QED) is 0.848. The summed E-state index contributed by atoms with van der Waals surface area (Å²) in [5, 5.41) is 0. The first-order valence-electron chi connectivity index (χ1n) is 7.92. The van der Waals surface area contributed by atoms with Crippen molar-refractivity contribution < 1.29 is 9.59 Å².